The number of hydrazine groups is 1. The Bertz CT molecular complexity index is 560. The van der Waals surface area contributed by atoms with Gasteiger partial charge in [0.15, 0.2) is 0 Å². The number of hydrogen-bond acceptors (Lipinski definition) is 6. The lowest BCUT2D eigenvalue weighted by molar-refractivity contribution is 0.311. The number of nitrogens with two attached hydrogens (primary N) is 1. The molecule has 1 aromatic carbocycles. The van der Waals surface area contributed by atoms with Gasteiger partial charge in [-0.3, -0.25) is 5.84 Å². The maximum Gasteiger partial charge on any atom is 0.233 e. The minimum Gasteiger partial charge on any atom is -0.493 e. The third-order valence-electron chi connectivity index (χ3n) is 3.02. The van der Waals surface area contributed by atoms with E-state index < -0.39 is 0 Å². The van der Waals surface area contributed by atoms with E-state index in [0.29, 0.717) is 18.2 Å². The van der Waals surface area contributed by atoms with Crippen molar-refractivity contribution in [3.05, 3.63) is 47.7 Å². The SMILES string of the molecule is CCCOc1ccccc1C(NN)c1ccc(OC)nn1. The van der Waals surface area contributed by atoms with Crippen molar-refractivity contribution in [2.24, 2.45) is 5.84 Å². The fraction of sp³-hybridized carbons (Fsp3) is 0.333. The van der Waals surface area contributed by atoms with Crippen molar-refractivity contribution in [1.82, 2.24) is 15.6 Å². The summed E-state index contributed by atoms with van der Waals surface area (Å²) >= 11 is 0. The first-order valence-electron chi connectivity index (χ1n) is 6.85. The molecule has 21 heavy (non-hydrogen) atoms. The smallest absolute Gasteiger partial charge is 0.233 e. The van der Waals surface area contributed by atoms with Crippen LogP contribution in [0.4, 0.5) is 0 Å². The molecule has 0 saturated carbocycles. The lowest BCUT2D eigenvalue weighted by atomic mass is 10.0. The van der Waals surface area contributed by atoms with E-state index in [2.05, 4.69) is 22.5 Å². The Morgan fingerprint density at radius 1 is 1.19 bits per heavy atom. The maximum atomic E-state index is 5.77. The van der Waals surface area contributed by atoms with Crippen LogP contribution in [0.25, 0.3) is 0 Å². The van der Waals surface area contributed by atoms with Gasteiger partial charge in [0, 0.05) is 11.6 Å². The summed E-state index contributed by atoms with van der Waals surface area (Å²) in [6.07, 6.45) is 0.942. The van der Waals surface area contributed by atoms with Crippen LogP contribution in [0.15, 0.2) is 36.4 Å². The van der Waals surface area contributed by atoms with Crippen LogP contribution in [0.1, 0.15) is 30.6 Å². The van der Waals surface area contributed by atoms with E-state index in [-0.39, 0.29) is 6.04 Å². The van der Waals surface area contributed by atoms with E-state index in [4.69, 9.17) is 15.3 Å². The van der Waals surface area contributed by atoms with Gasteiger partial charge in [-0.05, 0) is 18.6 Å². The van der Waals surface area contributed by atoms with E-state index in [1.54, 1.807) is 13.2 Å². The second-order valence-electron chi connectivity index (χ2n) is 4.49. The Hall–Kier alpha value is -2.18. The van der Waals surface area contributed by atoms with Crippen molar-refractivity contribution in [3.63, 3.8) is 0 Å². The van der Waals surface area contributed by atoms with Crippen LogP contribution in [-0.4, -0.2) is 23.9 Å². The van der Waals surface area contributed by atoms with Crippen LogP contribution in [0.3, 0.4) is 0 Å². The molecule has 112 valence electrons. The zero-order valence-electron chi connectivity index (χ0n) is 12.2. The Balaban J connectivity index is 2.31. The number of rotatable bonds is 7. The molecule has 1 unspecified atom stereocenters. The first-order valence-corrected chi connectivity index (χ1v) is 6.85. The lowest BCUT2D eigenvalue weighted by Crippen LogP contribution is -2.30. The lowest BCUT2D eigenvalue weighted by Gasteiger charge is -2.19. The zero-order valence-corrected chi connectivity index (χ0v) is 12.2. The summed E-state index contributed by atoms with van der Waals surface area (Å²) in [4.78, 5) is 0. The van der Waals surface area contributed by atoms with E-state index in [1.165, 1.54) is 0 Å². The number of ether oxygens (including phenoxy) is 2. The zero-order chi connectivity index (χ0) is 15.1. The number of nitrogens with zero attached hydrogens (tertiary/aromatic N) is 2. The third-order valence-corrected chi connectivity index (χ3v) is 3.02. The van der Waals surface area contributed by atoms with Gasteiger partial charge in [0.1, 0.15) is 5.75 Å². The van der Waals surface area contributed by atoms with Crippen molar-refractivity contribution in [2.45, 2.75) is 19.4 Å². The van der Waals surface area contributed by atoms with Gasteiger partial charge in [-0.2, -0.15) is 0 Å². The summed E-state index contributed by atoms with van der Waals surface area (Å²) < 4.78 is 10.8. The summed E-state index contributed by atoms with van der Waals surface area (Å²) in [6.45, 7) is 2.72. The van der Waals surface area contributed by atoms with Crippen LogP contribution in [0.2, 0.25) is 0 Å². The van der Waals surface area contributed by atoms with Gasteiger partial charge in [0.2, 0.25) is 5.88 Å². The van der Waals surface area contributed by atoms with Crippen molar-refractivity contribution < 1.29 is 9.47 Å². The normalized spacial score (nSPS) is 12.0. The van der Waals surface area contributed by atoms with Crippen LogP contribution < -0.4 is 20.7 Å². The molecule has 2 rings (SSSR count). The highest BCUT2D eigenvalue weighted by molar-refractivity contribution is 5.39. The largest absolute Gasteiger partial charge is 0.493 e. The molecule has 0 bridgehead atoms. The second-order valence-corrected chi connectivity index (χ2v) is 4.49. The monoisotopic (exact) mass is 288 g/mol. The molecule has 0 aliphatic rings. The van der Waals surface area contributed by atoms with Gasteiger partial charge in [0.25, 0.3) is 0 Å². The Morgan fingerprint density at radius 3 is 2.62 bits per heavy atom. The third kappa shape index (κ3) is 3.68. The van der Waals surface area contributed by atoms with Crippen molar-refractivity contribution >= 4 is 0 Å². The van der Waals surface area contributed by atoms with Crippen LogP contribution >= 0.6 is 0 Å². The molecule has 0 saturated heterocycles. The number of hydrogen-bond donors (Lipinski definition) is 2. The molecule has 1 atom stereocenters. The maximum absolute atomic E-state index is 5.77. The quantitative estimate of drug-likeness (QED) is 0.597. The molecule has 0 spiro atoms. The molecule has 2 aromatic rings. The van der Waals surface area contributed by atoms with E-state index >= 15 is 0 Å². The molecule has 1 aromatic heterocycles. The topological polar surface area (TPSA) is 82.3 Å². The average Bonchev–Trinajstić information content (AvgIpc) is 2.55. The van der Waals surface area contributed by atoms with Crippen molar-refractivity contribution in [1.29, 1.82) is 0 Å². The first kappa shape index (κ1) is 15.2. The number of benzene rings is 1. The summed E-state index contributed by atoms with van der Waals surface area (Å²) in [5, 5.41) is 8.12. The predicted octanol–water partition coefficient (Wildman–Crippen LogP) is 1.83. The summed E-state index contributed by atoms with van der Waals surface area (Å²) in [7, 11) is 1.55. The molecular formula is C15H20N4O2. The average molecular weight is 288 g/mol. The molecule has 6 nitrogen and oxygen atoms in total. The molecule has 0 aliphatic heterocycles. The summed E-state index contributed by atoms with van der Waals surface area (Å²) in [5.74, 6) is 6.95. The first-order chi connectivity index (χ1) is 10.3. The van der Waals surface area contributed by atoms with Gasteiger partial charge in [-0.25, -0.2) is 5.43 Å². The number of para-hydroxylation sites is 1. The molecule has 0 aliphatic carbocycles. The predicted molar refractivity (Wildman–Crippen MR) is 80.0 cm³/mol. The fourth-order valence-electron chi connectivity index (χ4n) is 1.99. The Labute approximate surface area is 124 Å². The van der Waals surface area contributed by atoms with E-state index in [0.717, 1.165) is 17.7 Å². The summed E-state index contributed by atoms with van der Waals surface area (Å²) in [5.41, 5.74) is 4.39. The standard InChI is InChI=1S/C15H20N4O2/c1-3-10-21-13-7-5-4-6-11(13)15(17-16)12-8-9-14(20-2)19-18-12/h4-9,15,17H,3,10,16H2,1-2H3. The van der Waals surface area contributed by atoms with E-state index in [1.807, 2.05) is 30.3 Å². The second kappa shape index (κ2) is 7.56. The highest BCUT2D eigenvalue weighted by atomic mass is 16.5. The minimum absolute atomic E-state index is 0.295. The van der Waals surface area contributed by atoms with Crippen LogP contribution in [-0.2, 0) is 0 Å². The molecule has 0 amide bonds. The highest BCUT2D eigenvalue weighted by Gasteiger charge is 2.18. The molecule has 0 fully saturated rings. The van der Waals surface area contributed by atoms with Crippen molar-refractivity contribution in [3.8, 4) is 11.6 Å². The van der Waals surface area contributed by atoms with Gasteiger partial charge in [-0.15, -0.1) is 10.2 Å². The molecule has 3 N–H and O–H groups in total. The molecular weight excluding hydrogens is 268 g/mol. The van der Waals surface area contributed by atoms with Gasteiger partial charge in [0.05, 0.1) is 25.5 Å². The fourth-order valence-corrected chi connectivity index (χ4v) is 1.99. The molecule has 1 heterocycles. The van der Waals surface area contributed by atoms with Gasteiger partial charge >= 0.3 is 0 Å². The summed E-state index contributed by atoms with van der Waals surface area (Å²) in [6, 6.07) is 11.0. The molecule has 6 heteroatoms. The van der Waals surface area contributed by atoms with Gasteiger partial charge in [-0.1, -0.05) is 25.1 Å². The Kier molecular flexibility index (Phi) is 5.48. The van der Waals surface area contributed by atoms with Gasteiger partial charge < -0.3 is 9.47 Å². The number of aromatic nitrogens is 2. The highest BCUT2D eigenvalue weighted by Crippen LogP contribution is 2.28. The van der Waals surface area contributed by atoms with Crippen LogP contribution in [0, 0.1) is 0 Å². The Morgan fingerprint density at radius 2 is 2.00 bits per heavy atom. The molecule has 0 radical (unpaired) electrons. The van der Waals surface area contributed by atoms with E-state index in [9.17, 15) is 0 Å². The minimum atomic E-state index is -0.295. The van der Waals surface area contributed by atoms with Crippen LogP contribution in [0.5, 0.6) is 11.6 Å². The van der Waals surface area contributed by atoms with Crippen molar-refractivity contribution in [2.75, 3.05) is 13.7 Å². The number of nitrogens with one attached hydrogen (secondary N) is 1. The number of methoxy groups -OCH3 is 1.